The average Bonchev–Trinajstić information content (AvgIpc) is 2.35. The van der Waals surface area contributed by atoms with Crippen LogP contribution in [-0.4, -0.2) is 31.8 Å². The van der Waals surface area contributed by atoms with Crippen molar-refractivity contribution in [2.45, 2.75) is 39.8 Å². The third kappa shape index (κ3) is 3.71. The second-order valence-electron chi connectivity index (χ2n) is 5.93. The minimum Gasteiger partial charge on any atom is -0.372 e. The minimum absolute atomic E-state index is 0.0485. The summed E-state index contributed by atoms with van der Waals surface area (Å²) >= 11 is 0. The molecule has 1 fully saturated rings. The first-order valence-corrected chi connectivity index (χ1v) is 7.21. The average molecular weight is 262 g/mol. The van der Waals surface area contributed by atoms with Gasteiger partial charge in [-0.2, -0.15) is 0 Å². The maximum Gasteiger partial charge on any atom is 0.0801 e. The number of nitrogens with one attached hydrogen (secondary N) is 1. The van der Waals surface area contributed by atoms with Gasteiger partial charge >= 0.3 is 0 Å². The first kappa shape index (κ1) is 14.4. The molecular weight excluding hydrogens is 236 g/mol. The van der Waals surface area contributed by atoms with Crippen LogP contribution in [0.15, 0.2) is 18.2 Å². The van der Waals surface area contributed by atoms with Gasteiger partial charge in [0.25, 0.3) is 0 Å². The van der Waals surface area contributed by atoms with E-state index in [1.54, 1.807) is 0 Å². The summed E-state index contributed by atoms with van der Waals surface area (Å²) in [5, 5.41) is 3.37. The molecule has 0 bridgehead atoms. The molecule has 106 valence electrons. The van der Waals surface area contributed by atoms with Crippen molar-refractivity contribution in [1.82, 2.24) is 5.32 Å². The summed E-state index contributed by atoms with van der Waals surface area (Å²) < 4.78 is 5.78. The molecule has 0 unspecified atom stereocenters. The van der Waals surface area contributed by atoms with E-state index in [-0.39, 0.29) is 5.60 Å². The zero-order valence-corrected chi connectivity index (χ0v) is 12.6. The maximum absolute atomic E-state index is 5.78. The van der Waals surface area contributed by atoms with Crippen molar-refractivity contribution >= 4 is 5.69 Å². The molecule has 3 heteroatoms. The van der Waals surface area contributed by atoms with Gasteiger partial charge in [-0.15, -0.1) is 0 Å². The molecule has 0 aromatic heterocycles. The molecular formula is C16H26N2O. The molecule has 0 saturated carbocycles. The number of hydrogen-bond acceptors (Lipinski definition) is 3. The molecule has 1 aliphatic heterocycles. The van der Waals surface area contributed by atoms with E-state index >= 15 is 0 Å². The summed E-state index contributed by atoms with van der Waals surface area (Å²) in [5.74, 6) is 0. The van der Waals surface area contributed by atoms with Gasteiger partial charge < -0.3 is 15.0 Å². The van der Waals surface area contributed by atoms with Gasteiger partial charge in [0.2, 0.25) is 0 Å². The normalized spacial score (nSPS) is 18.6. The second-order valence-corrected chi connectivity index (χ2v) is 5.93. The van der Waals surface area contributed by atoms with E-state index in [4.69, 9.17) is 4.74 Å². The highest BCUT2D eigenvalue weighted by atomic mass is 16.5. The molecule has 1 aliphatic rings. The third-order valence-corrected chi connectivity index (χ3v) is 3.61. The number of aryl methyl sites for hydroxylation is 1. The molecule has 0 atom stereocenters. The van der Waals surface area contributed by atoms with Crippen LogP contribution in [0.3, 0.4) is 0 Å². The first-order valence-electron chi connectivity index (χ1n) is 7.21. The van der Waals surface area contributed by atoms with Gasteiger partial charge in [-0.05, 0) is 44.5 Å². The van der Waals surface area contributed by atoms with Gasteiger partial charge in [-0.3, -0.25) is 0 Å². The van der Waals surface area contributed by atoms with E-state index in [0.717, 1.165) is 32.8 Å². The van der Waals surface area contributed by atoms with Gasteiger partial charge in [0, 0.05) is 25.3 Å². The van der Waals surface area contributed by atoms with Gasteiger partial charge in [0.15, 0.2) is 0 Å². The van der Waals surface area contributed by atoms with Crippen LogP contribution < -0.4 is 10.2 Å². The SMILES string of the molecule is CCNCc1ccc(N2CCOC(C)(C)C2)c(C)c1. The fourth-order valence-corrected chi connectivity index (χ4v) is 2.67. The predicted octanol–water partition coefficient (Wildman–Crippen LogP) is 2.72. The van der Waals surface area contributed by atoms with Gasteiger partial charge in [-0.25, -0.2) is 0 Å². The zero-order valence-electron chi connectivity index (χ0n) is 12.6. The number of anilines is 1. The van der Waals surface area contributed by atoms with Crippen molar-refractivity contribution < 1.29 is 4.74 Å². The fraction of sp³-hybridized carbons (Fsp3) is 0.625. The van der Waals surface area contributed by atoms with Crippen LogP contribution in [0.4, 0.5) is 5.69 Å². The minimum atomic E-state index is -0.0485. The lowest BCUT2D eigenvalue weighted by atomic mass is 10.0. The summed E-state index contributed by atoms with van der Waals surface area (Å²) in [6, 6.07) is 6.78. The Labute approximate surface area is 116 Å². The molecule has 1 aromatic rings. The van der Waals surface area contributed by atoms with Crippen LogP contribution in [-0.2, 0) is 11.3 Å². The van der Waals surface area contributed by atoms with Gasteiger partial charge in [0.1, 0.15) is 0 Å². The predicted molar refractivity (Wildman–Crippen MR) is 80.8 cm³/mol. The number of ether oxygens (including phenoxy) is 1. The molecule has 0 aliphatic carbocycles. The Morgan fingerprint density at radius 3 is 2.79 bits per heavy atom. The quantitative estimate of drug-likeness (QED) is 0.903. The molecule has 1 aromatic carbocycles. The van der Waals surface area contributed by atoms with E-state index < -0.39 is 0 Å². The van der Waals surface area contributed by atoms with E-state index in [1.165, 1.54) is 16.8 Å². The smallest absolute Gasteiger partial charge is 0.0801 e. The Kier molecular flexibility index (Phi) is 4.48. The lowest BCUT2D eigenvalue weighted by Crippen LogP contribution is -2.48. The Bertz CT molecular complexity index is 429. The molecule has 0 radical (unpaired) electrons. The summed E-state index contributed by atoms with van der Waals surface area (Å²) in [4.78, 5) is 2.44. The van der Waals surface area contributed by atoms with Crippen LogP contribution in [0.25, 0.3) is 0 Å². The lowest BCUT2D eigenvalue weighted by molar-refractivity contribution is -0.0277. The van der Waals surface area contributed by atoms with E-state index in [9.17, 15) is 0 Å². The van der Waals surface area contributed by atoms with Crippen LogP contribution in [0.5, 0.6) is 0 Å². The van der Waals surface area contributed by atoms with Crippen molar-refractivity contribution in [3.8, 4) is 0 Å². The standard InChI is InChI=1S/C16H26N2O/c1-5-17-11-14-6-7-15(13(2)10-14)18-8-9-19-16(3,4)12-18/h6-7,10,17H,5,8-9,11-12H2,1-4H3. The van der Waals surface area contributed by atoms with Crippen molar-refractivity contribution in [1.29, 1.82) is 0 Å². The Morgan fingerprint density at radius 1 is 1.37 bits per heavy atom. The van der Waals surface area contributed by atoms with E-state index in [1.807, 2.05) is 0 Å². The largest absolute Gasteiger partial charge is 0.372 e. The Morgan fingerprint density at radius 2 is 2.16 bits per heavy atom. The van der Waals surface area contributed by atoms with Crippen molar-refractivity contribution in [2.24, 2.45) is 0 Å². The van der Waals surface area contributed by atoms with Crippen molar-refractivity contribution in [3.05, 3.63) is 29.3 Å². The molecule has 1 saturated heterocycles. The molecule has 1 heterocycles. The van der Waals surface area contributed by atoms with Gasteiger partial charge in [0.05, 0.1) is 12.2 Å². The Balaban J connectivity index is 2.12. The van der Waals surface area contributed by atoms with Crippen LogP contribution in [0.2, 0.25) is 0 Å². The zero-order chi connectivity index (χ0) is 13.9. The van der Waals surface area contributed by atoms with Crippen LogP contribution in [0, 0.1) is 6.92 Å². The Hall–Kier alpha value is -1.06. The highest BCUT2D eigenvalue weighted by Gasteiger charge is 2.27. The molecule has 0 amide bonds. The first-order chi connectivity index (χ1) is 9.02. The van der Waals surface area contributed by atoms with Crippen LogP contribution in [0.1, 0.15) is 31.9 Å². The van der Waals surface area contributed by atoms with E-state index in [0.29, 0.717) is 0 Å². The maximum atomic E-state index is 5.78. The number of benzene rings is 1. The summed E-state index contributed by atoms with van der Waals surface area (Å²) in [7, 11) is 0. The fourth-order valence-electron chi connectivity index (χ4n) is 2.67. The molecule has 0 spiro atoms. The monoisotopic (exact) mass is 262 g/mol. The topological polar surface area (TPSA) is 24.5 Å². The van der Waals surface area contributed by atoms with Crippen molar-refractivity contribution in [2.75, 3.05) is 31.1 Å². The highest BCUT2D eigenvalue weighted by molar-refractivity contribution is 5.55. The molecule has 2 rings (SSSR count). The summed E-state index contributed by atoms with van der Waals surface area (Å²) in [6.07, 6.45) is 0. The molecule has 19 heavy (non-hydrogen) atoms. The second kappa shape index (κ2) is 5.93. The number of hydrogen-bond donors (Lipinski definition) is 1. The molecule has 3 nitrogen and oxygen atoms in total. The summed E-state index contributed by atoms with van der Waals surface area (Å²) in [6.45, 7) is 13.4. The third-order valence-electron chi connectivity index (χ3n) is 3.61. The molecule has 1 N–H and O–H groups in total. The van der Waals surface area contributed by atoms with E-state index in [2.05, 4.69) is 56.1 Å². The number of nitrogens with zero attached hydrogens (tertiary/aromatic N) is 1. The highest BCUT2D eigenvalue weighted by Crippen LogP contribution is 2.26. The lowest BCUT2D eigenvalue weighted by Gasteiger charge is -2.40. The summed E-state index contributed by atoms with van der Waals surface area (Å²) in [5.41, 5.74) is 4.01. The van der Waals surface area contributed by atoms with Crippen LogP contribution >= 0.6 is 0 Å². The van der Waals surface area contributed by atoms with Gasteiger partial charge in [-0.1, -0.05) is 19.1 Å². The number of morpholine rings is 1. The van der Waals surface area contributed by atoms with Crippen molar-refractivity contribution in [3.63, 3.8) is 0 Å². The number of rotatable bonds is 4.